The molecule has 19 heavy (non-hydrogen) atoms. The van der Waals surface area contributed by atoms with E-state index in [1.54, 1.807) is 11.0 Å². The maximum absolute atomic E-state index is 12.1. The Morgan fingerprint density at radius 3 is 2.89 bits per heavy atom. The Morgan fingerprint density at radius 1 is 1.58 bits per heavy atom. The molecule has 2 aliphatic rings. The van der Waals surface area contributed by atoms with Crippen LogP contribution < -0.4 is 0 Å². The number of carbonyl (C=O) groups excluding carboxylic acids is 1. The van der Waals surface area contributed by atoms with Gasteiger partial charge in [0.1, 0.15) is 15.8 Å². The smallest absolute Gasteiger partial charge is 0.266 e. The van der Waals surface area contributed by atoms with Crippen molar-refractivity contribution in [3.05, 3.63) is 28.6 Å². The summed E-state index contributed by atoms with van der Waals surface area (Å²) in [5.74, 6) is 3.04. The normalized spacial score (nSPS) is 28.5. The number of thioether (sulfide) groups is 1. The molecule has 0 radical (unpaired) electrons. The lowest BCUT2D eigenvalue weighted by molar-refractivity contribution is -0.121. The Labute approximate surface area is 122 Å². The molecule has 0 spiro atoms. The van der Waals surface area contributed by atoms with Crippen molar-refractivity contribution in [2.45, 2.75) is 26.2 Å². The van der Waals surface area contributed by atoms with E-state index in [1.165, 1.54) is 18.2 Å². The molecule has 0 aromatic carbocycles. The van der Waals surface area contributed by atoms with Crippen LogP contribution in [0.15, 0.2) is 21.5 Å². The van der Waals surface area contributed by atoms with E-state index in [2.05, 4.69) is 6.92 Å². The van der Waals surface area contributed by atoms with Gasteiger partial charge in [0, 0.05) is 18.5 Å². The van der Waals surface area contributed by atoms with E-state index in [0.29, 0.717) is 21.7 Å². The molecule has 100 valence electrons. The van der Waals surface area contributed by atoms with Crippen molar-refractivity contribution in [2.75, 3.05) is 6.54 Å². The molecule has 0 N–H and O–H groups in total. The van der Waals surface area contributed by atoms with Crippen LogP contribution in [0.1, 0.15) is 37.7 Å². The predicted octanol–water partition coefficient (Wildman–Crippen LogP) is 3.62. The molecule has 1 saturated heterocycles. The van der Waals surface area contributed by atoms with Crippen LogP contribution in [0, 0.1) is 5.92 Å². The van der Waals surface area contributed by atoms with E-state index < -0.39 is 0 Å². The minimum absolute atomic E-state index is 0.0183. The van der Waals surface area contributed by atoms with Crippen LogP contribution in [-0.2, 0) is 4.79 Å². The van der Waals surface area contributed by atoms with Crippen LogP contribution in [0.3, 0.4) is 0 Å². The minimum atomic E-state index is -0.0183. The second kappa shape index (κ2) is 4.80. The number of furan rings is 1. The van der Waals surface area contributed by atoms with Gasteiger partial charge in [-0.25, -0.2) is 0 Å². The fraction of sp³-hybridized carbons (Fsp3) is 0.429. The molecule has 1 aromatic heterocycles. The van der Waals surface area contributed by atoms with Crippen molar-refractivity contribution in [2.24, 2.45) is 5.92 Å². The van der Waals surface area contributed by atoms with Gasteiger partial charge in [0.05, 0.1) is 4.91 Å². The third-order valence-corrected chi connectivity index (χ3v) is 4.96. The standard InChI is InChI=1S/C14H15NO2S2/c1-3-15-13(16)12(19-14(15)18)7-9-4-5-11(17-9)10-6-8(10)2/h4-5,7-8,10H,3,6H2,1-2H3/b12-7+/t8-,10-/m0/s1. The van der Waals surface area contributed by atoms with E-state index in [1.807, 2.05) is 19.1 Å². The van der Waals surface area contributed by atoms with Gasteiger partial charge in [-0.15, -0.1) is 0 Å². The Morgan fingerprint density at radius 2 is 2.32 bits per heavy atom. The van der Waals surface area contributed by atoms with Crippen LogP contribution in [-0.4, -0.2) is 21.7 Å². The zero-order chi connectivity index (χ0) is 13.6. The van der Waals surface area contributed by atoms with Gasteiger partial charge in [-0.3, -0.25) is 9.69 Å². The molecular weight excluding hydrogens is 278 g/mol. The van der Waals surface area contributed by atoms with Crippen molar-refractivity contribution in [3.63, 3.8) is 0 Å². The zero-order valence-electron chi connectivity index (χ0n) is 10.9. The lowest BCUT2D eigenvalue weighted by Crippen LogP contribution is -2.27. The van der Waals surface area contributed by atoms with Crippen LogP contribution >= 0.6 is 24.0 Å². The lowest BCUT2D eigenvalue weighted by atomic mass is 10.3. The summed E-state index contributed by atoms with van der Waals surface area (Å²) < 4.78 is 6.41. The van der Waals surface area contributed by atoms with Gasteiger partial charge in [-0.1, -0.05) is 30.9 Å². The van der Waals surface area contributed by atoms with Crippen LogP contribution in [0.25, 0.3) is 6.08 Å². The first kappa shape index (κ1) is 12.9. The average molecular weight is 293 g/mol. The first-order chi connectivity index (χ1) is 9.10. The largest absolute Gasteiger partial charge is 0.461 e. The summed E-state index contributed by atoms with van der Waals surface area (Å²) in [4.78, 5) is 14.3. The number of hydrogen-bond acceptors (Lipinski definition) is 4. The Hall–Kier alpha value is -1.07. The van der Waals surface area contributed by atoms with Crippen molar-refractivity contribution in [3.8, 4) is 0 Å². The summed E-state index contributed by atoms with van der Waals surface area (Å²) in [6, 6.07) is 3.94. The summed E-state index contributed by atoms with van der Waals surface area (Å²) in [7, 11) is 0. The molecule has 0 unspecified atom stereocenters. The number of rotatable bonds is 3. The van der Waals surface area contributed by atoms with Crippen molar-refractivity contribution < 1.29 is 9.21 Å². The first-order valence-corrected chi connectivity index (χ1v) is 7.67. The van der Waals surface area contributed by atoms with Gasteiger partial charge in [0.25, 0.3) is 5.91 Å². The van der Waals surface area contributed by atoms with Crippen molar-refractivity contribution >= 4 is 40.3 Å². The summed E-state index contributed by atoms with van der Waals surface area (Å²) >= 11 is 6.52. The fourth-order valence-electron chi connectivity index (χ4n) is 2.27. The molecule has 3 nitrogen and oxygen atoms in total. The van der Waals surface area contributed by atoms with E-state index in [-0.39, 0.29) is 5.91 Å². The van der Waals surface area contributed by atoms with E-state index in [0.717, 1.165) is 17.4 Å². The highest BCUT2D eigenvalue weighted by Gasteiger charge is 2.36. The highest BCUT2D eigenvalue weighted by Crippen LogP contribution is 2.47. The quantitative estimate of drug-likeness (QED) is 0.629. The first-order valence-electron chi connectivity index (χ1n) is 6.45. The summed E-state index contributed by atoms with van der Waals surface area (Å²) in [6.07, 6.45) is 3.00. The van der Waals surface area contributed by atoms with Crippen molar-refractivity contribution in [1.82, 2.24) is 4.90 Å². The predicted molar refractivity (Wildman–Crippen MR) is 80.8 cm³/mol. The van der Waals surface area contributed by atoms with Crippen molar-refractivity contribution in [1.29, 1.82) is 0 Å². The molecule has 1 aliphatic carbocycles. The van der Waals surface area contributed by atoms with E-state index >= 15 is 0 Å². The second-order valence-corrected chi connectivity index (χ2v) is 6.66. The molecule has 1 saturated carbocycles. The number of amides is 1. The van der Waals surface area contributed by atoms with Gasteiger partial charge < -0.3 is 4.42 Å². The molecule has 3 rings (SSSR count). The minimum Gasteiger partial charge on any atom is -0.461 e. The second-order valence-electron chi connectivity index (χ2n) is 4.99. The average Bonchev–Trinajstić information content (AvgIpc) is 2.83. The highest BCUT2D eigenvalue weighted by atomic mass is 32.2. The highest BCUT2D eigenvalue weighted by molar-refractivity contribution is 8.26. The Kier molecular flexibility index (Phi) is 3.27. The molecular formula is C14H15NO2S2. The third-order valence-electron chi connectivity index (χ3n) is 3.59. The Balaban J connectivity index is 1.80. The topological polar surface area (TPSA) is 33.5 Å². The maximum Gasteiger partial charge on any atom is 0.266 e. The van der Waals surface area contributed by atoms with Gasteiger partial charge in [0.15, 0.2) is 0 Å². The van der Waals surface area contributed by atoms with Gasteiger partial charge >= 0.3 is 0 Å². The molecule has 5 heteroatoms. The molecule has 2 heterocycles. The van der Waals surface area contributed by atoms with Crippen LogP contribution in [0.4, 0.5) is 0 Å². The lowest BCUT2D eigenvalue weighted by Gasteiger charge is -2.09. The van der Waals surface area contributed by atoms with Gasteiger partial charge in [-0.05, 0) is 31.4 Å². The summed E-state index contributed by atoms with van der Waals surface area (Å²) in [5, 5.41) is 0. The SMILES string of the molecule is CCN1C(=O)/C(=C\c2ccc([C@H]3C[C@@H]3C)o2)SC1=S. The summed E-state index contributed by atoms with van der Waals surface area (Å²) in [5.41, 5.74) is 0. The zero-order valence-corrected chi connectivity index (χ0v) is 12.5. The number of thiocarbonyl (C=S) groups is 1. The number of carbonyl (C=O) groups is 1. The van der Waals surface area contributed by atoms with Gasteiger partial charge in [0.2, 0.25) is 0 Å². The molecule has 2 fully saturated rings. The number of likely N-dealkylation sites (N-methyl/N-ethyl adjacent to an activating group) is 1. The molecule has 1 aromatic rings. The molecule has 0 bridgehead atoms. The van der Waals surface area contributed by atoms with E-state index in [9.17, 15) is 4.79 Å². The molecule has 1 aliphatic heterocycles. The number of hydrogen-bond donors (Lipinski definition) is 0. The van der Waals surface area contributed by atoms with Gasteiger partial charge in [-0.2, -0.15) is 0 Å². The summed E-state index contributed by atoms with van der Waals surface area (Å²) in [6.45, 7) is 4.76. The van der Waals surface area contributed by atoms with E-state index in [4.69, 9.17) is 16.6 Å². The van der Waals surface area contributed by atoms with Crippen LogP contribution in [0.5, 0.6) is 0 Å². The molecule has 2 atom stereocenters. The van der Waals surface area contributed by atoms with Crippen LogP contribution in [0.2, 0.25) is 0 Å². The monoisotopic (exact) mass is 293 g/mol. The fourth-order valence-corrected chi connectivity index (χ4v) is 3.63. The third kappa shape index (κ3) is 2.37. The molecule has 1 amide bonds. The maximum atomic E-state index is 12.1. The number of nitrogens with zero attached hydrogens (tertiary/aromatic N) is 1. The Bertz CT molecular complexity index is 576.